The number of anilines is 2. The molecule has 0 saturated carbocycles. The van der Waals surface area contributed by atoms with Crippen LogP contribution in [0.25, 0.3) is 0 Å². The van der Waals surface area contributed by atoms with Crippen LogP contribution in [0.1, 0.15) is 36.5 Å². The molecule has 0 atom stereocenters. The number of hydrogen-bond donors (Lipinski definition) is 2. The van der Waals surface area contributed by atoms with Crippen molar-refractivity contribution in [2.24, 2.45) is 0 Å². The average Bonchev–Trinajstić information content (AvgIpc) is 2.58. The van der Waals surface area contributed by atoms with Crippen molar-refractivity contribution < 1.29 is 4.79 Å². The van der Waals surface area contributed by atoms with Crippen molar-refractivity contribution in [2.45, 2.75) is 33.6 Å². The van der Waals surface area contributed by atoms with Crippen molar-refractivity contribution >= 4 is 17.3 Å². The number of para-hydroxylation sites is 2. The first-order valence-electron chi connectivity index (χ1n) is 8.27. The minimum absolute atomic E-state index is 0.0289. The van der Waals surface area contributed by atoms with Gasteiger partial charge < -0.3 is 10.6 Å². The minimum Gasteiger partial charge on any atom is -0.360 e. The zero-order chi connectivity index (χ0) is 18.4. The molecular formula is C21H23N3O. The molecule has 0 aliphatic carbocycles. The second kappa shape index (κ2) is 8.16. The van der Waals surface area contributed by atoms with Crippen LogP contribution in [0.2, 0.25) is 0 Å². The standard InChI is InChI=1S/C21H23N3O/c1-14(2)18-10-7-9-16(4)20(18)24-21(25)17(12-22)13-23-19-11-6-5-8-15(19)3/h5-11,13-14,23H,1-4H3,(H,24,25)/b17-13-. The fourth-order valence-electron chi connectivity index (χ4n) is 2.56. The number of nitrogens with one attached hydrogen (secondary N) is 2. The number of aryl methyl sites for hydroxylation is 2. The van der Waals surface area contributed by atoms with Gasteiger partial charge in [0.05, 0.1) is 0 Å². The number of benzene rings is 2. The van der Waals surface area contributed by atoms with Gasteiger partial charge in [0.2, 0.25) is 0 Å². The Hall–Kier alpha value is -3.06. The average molecular weight is 333 g/mol. The summed E-state index contributed by atoms with van der Waals surface area (Å²) in [6, 6.07) is 15.6. The van der Waals surface area contributed by atoms with Crippen LogP contribution in [-0.2, 0) is 4.79 Å². The van der Waals surface area contributed by atoms with Crippen LogP contribution in [0.3, 0.4) is 0 Å². The number of carbonyl (C=O) groups excluding carboxylic acids is 1. The predicted octanol–water partition coefficient (Wildman–Crippen LogP) is 4.88. The van der Waals surface area contributed by atoms with Crippen molar-refractivity contribution in [3.63, 3.8) is 0 Å². The summed E-state index contributed by atoms with van der Waals surface area (Å²) in [5.41, 5.74) is 4.74. The summed E-state index contributed by atoms with van der Waals surface area (Å²) < 4.78 is 0. The highest BCUT2D eigenvalue weighted by Gasteiger charge is 2.15. The molecule has 0 spiro atoms. The fourth-order valence-corrected chi connectivity index (χ4v) is 2.56. The van der Waals surface area contributed by atoms with Gasteiger partial charge in [0.15, 0.2) is 0 Å². The van der Waals surface area contributed by atoms with Crippen molar-refractivity contribution in [3.05, 3.63) is 70.9 Å². The fraction of sp³-hybridized carbons (Fsp3) is 0.238. The largest absolute Gasteiger partial charge is 0.360 e. The van der Waals surface area contributed by atoms with Crippen LogP contribution >= 0.6 is 0 Å². The molecule has 4 heteroatoms. The molecule has 0 bridgehead atoms. The molecule has 0 saturated heterocycles. The molecule has 0 aliphatic rings. The molecule has 0 fully saturated rings. The summed E-state index contributed by atoms with van der Waals surface area (Å²) in [6.45, 7) is 8.06. The second-order valence-corrected chi connectivity index (χ2v) is 6.28. The lowest BCUT2D eigenvalue weighted by Crippen LogP contribution is -2.17. The summed E-state index contributed by atoms with van der Waals surface area (Å²) in [7, 11) is 0. The van der Waals surface area contributed by atoms with Crippen LogP contribution < -0.4 is 10.6 Å². The third-order valence-electron chi connectivity index (χ3n) is 4.05. The van der Waals surface area contributed by atoms with Crippen molar-refractivity contribution in [2.75, 3.05) is 10.6 Å². The van der Waals surface area contributed by atoms with E-state index >= 15 is 0 Å². The summed E-state index contributed by atoms with van der Waals surface area (Å²) in [6.07, 6.45) is 1.45. The molecule has 2 rings (SSSR count). The highest BCUT2D eigenvalue weighted by molar-refractivity contribution is 6.07. The van der Waals surface area contributed by atoms with Crippen molar-refractivity contribution in [3.8, 4) is 6.07 Å². The van der Waals surface area contributed by atoms with E-state index in [4.69, 9.17) is 0 Å². The molecule has 0 aromatic heterocycles. The lowest BCUT2D eigenvalue weighted by molar-refractivity contribution is -0.112. The zero-order valence-corrected chi connectivity index (χ0v) is 15.1. The highest BCUT2D eigenvalue weighted by atomic mass is 16.1. The van der Waals surface area contributed by atoms with E-state index < -0.39 is 5.91 Å². The smallest absolute Gasteiger partial charge is 0.267 e. The Kier molecular flexibility index (Phi) is 5.97. The Morgan fingerprint density at radius 1 is 1.08 bits per heavy atom. The van der Waals surface area contributed by atoms with Gasteiger partial charge in [-0.05, 0) is 42.5 Å². The van der Waals surface area contributed by atoms with Crippen LogP contribution in [-0.4, -0.2) is 5.91 Å². The summed E-state index contributed by atoms with van der Waals surface area (Å²) >= 11 is 0. The molecule has 25 heavy (non-hydrogen) atoms. The summed E-state index contributed by atoms with van der Waals surface area (Å²) in [5.74, 6) is -0.144. The van der Waals surface area contributed by atoms with Crippen molar-refractivity contribution in [1.82, 2.24) is 0 Å². The van der Waals surface area contributed by atoms with Gasteiger partial charge in [0, 0.05) is 17.6 Å². The maximum atomic E-state index is 12.5. The van der Waals surface area contributed by atoms with E-state index in [0.717, 1.165) is 28.1 Å². The van der Waals surface area contributed by atoms with Gasteiger partial charge in [-0.3, -0.25) is 4.79 Å². The Morgan fingerprint density at radius 2 is 1.76 bits per heavy atom. The second-order valence-electron chi connectivity index (χ2n) is 6.28. The Morgan fingerprint density at radius 3 is 2.40 bits per heavy atom. The normalized spacial score (nSPS) is 11.1. The Bertz CT molecular complexity index is 844. The molecule has 1 amide bonds. The highest BCUT2D eigenvalue weighted by Crippen LogP contribution is 2.27. The Labute approximate surface area is 149 Å². The molecule has 0 unspecified atom stereocenters. The van der Waals surface area contributed by atoms with Gasteiger partial charge in [-0.1, -0.05) is 50.2 Å². The lowest BCUT2D eigenvalue weighted by atomic mass is 9.98. The number of hydrogen-bond acceptors (Lipinski definition) is 3. The van der Waals surface area contributed by atoms with Gasteiger partial charge in [-0.15, -0.1) is 0 Å². The molecule has 0 aliphatic heterocycles. The maximum Gasteiger partial charge on any atom is 0.267 e. The van der Waals surface area contributed by atoms with E-state index in [2.05, 4.69) is 24.5 Å². The molecule has 0 heterocycles. The molecule has 2 aromatic carbocycles. The molecule has 0 radical (unpaired) electrons. The van der Waals surface area contributed by atoms with Crippen LogP contribution in [0, 0.1) is 25.2 Å². The van der Waals surface area contributed by atoms with E-state index in [1.54, 1.807) is 0 Å². The van der Waals surface area contributed by atoms with Gasteiger partial charge in [0.25, 0.3) is 5.91 Å². The Balaban J connectivity index is 2.23. The third kappa shape index (κ3) is 4.48. The summed E-state index contributed by atoms with van der Waals surface area (Å²) in [5, 5.41) is 15.3. The molecule has 128 valence electrons. The molecule has 2 N–H and O–H groups in total. The van der Waals surface area contributed by atoms with Gasteiger partial charge in [0.1, 0.15) is 11.6 Å². The first-order valence-corrected chi connectivity index (χ1v) is 8.27. The predicted molar refractivity (Wildman–Crippen MR) is 102 cm³/mol. The maximum absolute atomic E-state index is 12.5. The van der Waals surface area contributed by atoms with Gasteiger partial charge in [-0.2, -0.15) is 5.26 Å². The topological polar surface area (TPSA) is 64.9 Å². The first-order chi connectivity index (χ1) is 11.9. The molecule has 4 nitrogen and oxygen atoms in total. The number of nitrogens with zero attached hydrogens (tertiary/aromatic N) is 1. The lowest BCUT2D eigenvalue weighted by Gasteiger charge is -2.16. The monoisotopic (exact) mass is 333 g/mol. The van der Waals surface area contributed by atoms with Gasteiger partial charge >= 0.3 is 0 Å². The number of nitriles is 1. The van der Waals surface area contributed by atoms with Crippen LogP contribution in [0.15, 0.2) is 54.2 Å². The number of amides is 1. The quantitative estimate of drug-likeness (QED) is 0.605. The minimum atomic E-state index is -0.417. The third-order valence-corrected chi connectivity index (χ3v) is 4.05. The van der Waals surface area contributed by atoms with Crippen molar-refractivity contribution in [1.29, 1.82) is 5.26 Å². The SMILES string of the molecule is Cc1ccccc1N/C=C(/C#N)C(=O)Nc1c(C)cccc1C(C)C. The van der Waals surface area contributed by atoms with Crippen LogP contribution in [0.4, 0.5) is 11.4 Å². The molecular weight excluding hydrogens is 310 g/mol. The number of carbonyl (C=O) groups is 1. The van der Waals surface area contributed by atoms with Crippen LogP contribution in [0.5, 0.6) is 0 Å². The number of rotatable bonds is 5. The van der Waals surface area contributed by atoms with E-state index in [9.17, 15) is 10.1 Å². The van der Waals surface area contributed by atoms with E-state index in [0.29, 0.717) is 0 Å². The zero-order valence-electron chi connectivity index (χ0n) is 15.1. The van der Waals surface area contributed by atoms with E-state index in [1.165, 1.54) is 6.20 Å². The van der Waals surface area contributed by atoms with E-state index in [-0.39, 0.29) is 11.5 Å². The molecule has 2 aromatic rings. The van der Waals surface area contributed by atoms with E-state index in [1.807, 2.05) is 62.4 Å². The first kappa shape index (κ1) is 18.3. The van der Waals surface area contributed by atoms with Gasteiger partial charge in [-0.25, -0.2) is 0 Å². The summed E-state index contributed by atoms with van der Waals surface area (Å²) in [4.78, 5) is 12.5.